The van der Waals surface area contributed by atoms with Gasteiger partial charge >= 0.3 is 0 Å². The maximum Gasteiger partial charge on any atom is 0.122 e. The van der Waals surface area contributed by atoms with E-state index >= 15 is 0 Å². The molecule has 110 valence electrons. The minimum absolute atomic E-state index is 0.483. The van der Waals surface area contributed by atoms with E-state index in [-0.39, 0.29) is 0 Å². The van der Waals surface area contributed by atoms with E-state index in [1.54, 1.807) is 0 Å². The van der Waals surface area contributed by atoms with Gasteiger partial charge in [0, 0.05) is 23.5 Å². The smallest absolute Gasteiger partial charge is 0.122 e. The minimum Gasteiger partial charge on any atom is -0.493 e. The molecule has 1 heterocycles. The molecule has 0 bridgehead atoms. The highest BCUT2D eigenvalue weighted by Gasteiger charge is 2.20. The molecule has 1 aromatic carbocycles. The molecular formula is C17H25NOS. The van der Waals surface area contributed by atoms with Crippen molar-refractivity contribution in [3.63, 3.8) is 0 Å². The van der Waals surface area contributed by atoms with Crippen LogP contribution in [0.15, 0.2) is 18.2 Å². The molecule has 1 fully saturated rings. The molecule has 0 radical (unpaired) electrons. The lowest BCUT2D eigenvalue weighted by Crippen LogP contribution is -2.23. The maximum atomic E-state index is 5.61. The van der Waals surface area contributed by atoms with E-state index in [2.05, 4.69) is 42.2 Å². The molecule has 2 nitrogen and oxygen atoms in total. The van der Waals surface area contributed by atoms with Crippen molar-refractivity contribution in [2.75, 3.05) is 18.9 Å². The highest BCUT2D eigenvalue weighted by Crippen LogP contribution is 2.33. The van der Waals surface area contributed by atoms with E-state index < -0.39 is 0 Å². The van der Waals surface area contributed by atoms with Gasteiger partial charge in [-0.15, -0.1) is 0 Å². The summed E-state index contributed by atoms with van der Waals surface area (Å²) in [6.45, 7) is 4.08. The number of nitrogens with one attached hydrogen (secondary N) is 1. The number of fused-ring (bicyclic) bond motifs is 1. The first-order valence-electron chi connectivity index (χ1n) is 7.97. The summed E-state index contributed by atoms with van der Waals surface area (Å²) in [7, 11) is 0. The van der Waals surface area contributed by atoms with E-state index in [1.807, 2.05) is 0 Å². The van der Waals surface area contributed by atoms with Gasteiger partial charge in [-0.25, -0.2) is 0 Å². The Morgan fingerprint density at radius 3 is 3.00 bits per heavy atom. The minimum atomic E-state index is 0.483. The molecule has 1 aliphatic carbocycles. The van der Waals surface area contributed by atoms with Crippen molar-refractivity contribution in [2.24, 2.45) is 0 Å². The van der Waals surface area contributed by atoms with Crippen molar-refractivity contribution in [3.05, 3.63) is 29.3 Å². The quantitative estimate of drug-likeness (QED) is 0.857. The first-order valence-corrected chi connectivity index (χ1v) is 9.02. The zero-order valence-electron chi connectivity index (χ0n) is 12.4. The van der Waals surface area contributed by atoms with Crippen LogP contribution in [0.1, 0.15) is 49.8 Å². The Balaban J connectivity index is 1.65. The third-order valence-corrected chi connectivity index (χ3v) is 5.84. The molecule has 1 N–H and O–H groups in total. The third kappa shape index (κ3) is 3.32. The van der Waals surface area contributed by atoms with Crippen molar-refractivity contribution in [2.45, 2.75) is 50.3 Å². The molecule has 1 aromatic rings. The predicted octanol–water partition coefficient (Wildman–Crippen LogP) is 3.95. The molecule has 3 heteroatoms. The lowest BCUT2D eigenvalue weighted by Gasteiger charge is -2.20. The fourth-order valence-corrected chi connectivity index (χ4v) is 4.67. The average molecular weight is 291 g/mol. The number of rotatable bonds is 6. The summed E-state index contributed by atoms with van der Waals surface area (Å²) in [5.74, 6) is 2.28. The number of thioether (sulfide) groups is 1. The van der Waals surface area contributed by atoms with Crippen LogP contribution in [0.5, 0.6) is 5.75 Å². The molecular weight excluding hydrogens is 266 g/mol. The van der Waals surface area contributed by atoms with Gasteiger partial charge in [-0.1, -0.05) is 31.9 Å². The summed E-state index contributed by atoms with van der Waals surface area (Å²) < 4.78 is 5.61. The van der Waals surface area contributed by atoms with Crippen LogP contribution in [-0.4, -0.2) is 24.2 Å². The maximum absolute atomic E-state index is 5.61. The van der Waals surface area contributed by atoms with E-state index in [1.165, 1.54) is 42.6 Å². The second kappa shape index (κ2) is 6.86. The normalized spacial score (nSPS) is 19.9. The van der Waals surface area contributed by atoms with Crippen molar-refractivity contribution >= 4 is 11.8 Å². The van der Waals surface area contributed by atoms with Gasteiger partial charge in [-0.05, 0) is 36.6 Å². The zero-order valence-corrected chi connectivity index (χ0v) is 13.2. The monoisotopic (exact) mass is 291 g/mol. The van der Waals surface area contributed by atoms with Gasteiger partial charge in [0.2, 0.25) is 0 Å². The van der Waals surface area contributed by atoms with Crippen LogP contribution in [0.4, 0.5) is 0 Å². The largest absolute Gasteiger partial charge is 0.493 e. The van der Waals surface area contributed by atoms with Crippen LogP contribution < -0.4 is 10.1 Å². The van der Waals surface area contributed by atoms with Crippen LogP contribution >= 0.6 is 11.8 Å². The molecule has 1 aliphatic heterocycles. The Kier molecular flexibility index (Phi) is 4.90. The standard InChI is InChI=1S/C17H25NOS/c1-2-18-16(12-20-15-5-3-4-6-15)13-7-8-17-14(11-13)9-10-19-17/h7-8,11,15-16,18H,2-6,9-10,12H2,1H3. The summed E-state index contributed by atoms with van der Waals surface area (Å²) in [4.78, 5) is 0. The third-order valence-electron chi connectivity index (χ3n) is 4.37. The molecule has 0 spiro atoms. The fraction of sp³-hybridized carbons (Fsp3) is 0.647. The van der Waals surface area contributed by atoms with Crippen LogP contribution in [0.25, 0.3) is 0 Å². The highest BCUT2D eigenvalue weighted by atomic mass is 32.2. The Labute approximate surface area is 126 Å². The van der Waals surface area contributed by atoms with Crippen molar-refractivity contribution in [1.82, 2.24) is 5.32 Å². The van der Waals surface area contributed by atoms with Crippen molar-refractivity contribution in [1.29, 1.82) is 0 Å². The predicted molar refractivity (Wildman–Crippen MR) is 86.8 cm³/mol. The topological polar surface area (TPSA) is 21.3 Å². The van der Waals surface area contributed by atoms with Gasteiger partial charge in [0.15, 0.2) is 0 Å². The van der Waals surface area contributed by atoms with E-state index in [0.717, 1.165) is 30.6 Å². The summed E-state index contributed by atoms with van der Waals surface area (Å²) >= 11 is 2.17. The Hall–Kier alpha value is -0.670. The molecule has 2 aliphatic rings. The number of hydrogen-bond donors (Lipinski definition) is 1. The molecule has 1 atom stereocenters. The lowest BCUT2D eigenvalue weighted by atomic mass is 10.0. The number of benzene rings is 1. The molecule has 0 aromatic heterocycles. The highest BCUT2D eigenvalue weighted by molar-refractivity contribution is 7.99. The molecule has 0 saturated heterocycles. The first-order chi connectivity index (χ1) is 9.86. The van der Waals surface area contributed by atoms with Gasteiger partial charge in [0.05, 0.1) is 6.61 Å². The fourth-order valence-electron chi connectivity index (χ4n) is 3.23. The van der Waals surface area contributed by atoms with Gasteiger partial charge in [-0.2, -0.15) is 11.8 Å². The van der Waals surface area contributed by atoms with E-state index in [9.17, 15) is 0 Å². The van der Waals surface area contributed by atoms with Crippen molar-refractivity contribution in [3.8, 4) is 5.75 Å². The summed E-state index contributed by atoms with van der Waals surface area (Å²) in [6, 6.07) is 7.23. The van der Waals surface area contributed by atoms with Crippen LogP contribution in [0.2, 0.25) is 0 Å². The molecule has 0 amide bonds. The molecule has 3 rings (SSSR count). The van der Waals surface area contributed by atoms with Crippen LogP contribution in [0.3, 0.4) is 0 Å². The Morgan fingerprint density at radius 1 is 1.35 bits per heavy atom. The number of ether oxygens (including phenoxy) is 1. The Morgan fingerprint density at radius 2 is 2.20 bits per heavy atom. The average Bonchev–Trinajstić information content (AvgIpc) is 3.13. The zero-order chi connectivity index (χ0) is 13.8. The second-order valence-electron chi connectivity index (χ2n) is 5.82. The SMILES string of the molecule is CCNC(CSC1CCCC1)c1ccc2c(c1)CCO2. The molecule has 1 unspecified atom stereocenters. The van der Waals surface area contributed by atoms with Gasteiger partial charge in [-0.3, -0.25) is 0 Å². The number of hydrogen-bond acceptors (Lipinski definition) is 3. The Bertz CT molecular complexity index is 443. The molecule has 20 heavy (non-hydrogen) atoms. The van der Waals surface area contributed by atoms with Gasteiger partial charge in [0.1, 0.15) is 5.75 Å². The van der Waals surface area contributed by atoms with Crippen molar-refractivity contribution < 1.29 is 4.74 Å². The van der Waals surface area contributed by atoms with E-state index in [4.69, 9.17) is 4.74 Å². The second-order valence-corrected chi connectivity index (χ2v) is 7.15. The van der Waals surface area contributed by atoms with Crippen LogP contribution in [0, 0.1) is 0 Å². The molecule has 1 saturated carbocycles. The van der Waals surface area contributed by atoms with E-state index in [0.29, 0.717) is 6.04 Å². The first kappa shape index (κ1) is 14.3. The van der Waals surface area contributed by atoms with Gasteiger partial charge in [0.25, 0.3) is 0 Å². The lowest BCUT2D eigenvalue weighted by molar-refractivity contribution is 0.357. The van der Waals surface area contributed by atoms with Gasteiger partial charge < -0.3 is 10.1 Å². The summed E-state index contributed by atoms with van der Waals surface area (Å²) in [6.07, 6.45) is 6.76. The summed E-state index contributed by atoms with van der Waals surface area (Å²) in [5, 5.41) is 4.55. The van der Waals surface area contributed by atoms with Crippen LogP contribution in [-0.2, 0) is 6.42 Å². The summed E-state index contributed by atoms with van der Waals surface area (Å²) in [5.41, 5.74) is 2.82.